The van der Waals surface area contributed by atoms with Gasteiger partial charge in [-0.2, -0.15) is 0 Å². The second-order valence-corrected chi connectivity index (χ2v) is 6.04. The van der Waals surface area contributed by atoms with Crippen LogP contribution in [0, 0.1) is 0 Å². The summed E-state index contributed by atoms with van der Waals surface area (Å²) in [7, 11) is -0.906. The van der Waals surface area contributed by atoms with Gasteiger partial charge < -0.3 is 5.32 Å². The van der Waals surface area contributed by atoms with Crippen molar-refractivity contribution in [2.24, 2.45) is 0 Å². The fourth-order valence-corrected chi connectivity index (χ4v) is 3.09. The highest BCUT2D eigenvalue weighted by Gasteiger charge is 2.11. The van der Waals surface area contributed by atoms with E-state index < -0.39 is 10.8 Å². The minimum Gasteiger partial charge on any atom is -0.313 e. The van der Waals surface area contributed by atoms with E-state index >= 15 is 0 Å². The maximum absolute atomic E-state index is 12.1. The van der Waals surface area contributed by atoms with Gasteiger partial charge in [0.25, 0.3) is 0 Å². The monoisotopic (exact) mass is 303 g/mol. The van der Waals surface area contributed by atoms with E-state index in [1.807, 2.05) is 24.3 Å². The third kappa shape index (κ3) is 4.36. The first-order chi connectivity index (χ1) is 7.67. The molecule has 0 radical (unpaired) electrons. The van der Waals surface area contributed by atoms with Gasteiger partial charge in [0.15, 0.2) is 0 Å². The number of rotatable bonds is 6. The summed E-state index contributed by atoms with van der Waals surface area (Å²) >= 11 is 3.37. The Balaban J connectivity index is 2.60. The topological polar surface area (TPSA) is 29.1 Å². The first-order valence-electron chi connectivity index (χ1n) is 5.54. The van der Waals surface area contributed by atoms with Crippen LogP contribution in [0.3, 0.4) is 0 Å². The molecule has 0 bridgehead atoms. The normalized spacial score (nSPS) is 14.7. The van der Waals surface area contributed by atoms with Crippen molar-refractivity contribution in [3.63, 3.8) is 0 Å². The summed E-state index contributed by atoms with van der Waals surface area (Å²) in [6, 6.07) is 8.04. The Morgan fingerprint density at radius 1 is 1.31 bits per heavy atom. The highest BCUT2D eigenvalue weighted by Crippen LogP contribution is 2.14. The molecule has 0 aromatic heterocycles. The maximum Gasteiger partial charge on any atom is 0.0545 e. The molecule has 1 N–H and O–H groups in total. The largest absolute Gasteiger partial charge is 0.313 e. The number of hydrogen-bond donors (Lipinski definition) is 1. The summed E-state index contributed by atoms with van der Waals surface area (Å²) in [6.45, 7) is 5.12. The third-order valence-corrected chi connectivity index (χ3v) is 4.45. The van der Waals surface area contributed by atoms with Crippen LogP contribution in [0.1, 0.15) is 20.3 Å². The molecule has 1 aromatic carbocycles. The van der Waals surface area contributed by atoms with Gasteiger partial charge in [0, 0.05) is 21.2 Å². The summed E-state index contributed by atoms with van der Waals surface area (Å²) in [6.07, 6.45) is 1.01. The van der Waals surface area contributed by atoms with Crippen molar-refractivity contribution in [1.29, 1.82) is 0 Å². The van der Waals surface area contributed by atoms with Crippen LogP contribution >= 0.6 is 15.9 Å². The van der Waals surface area contributed by atoms with E-state index in [4.69, 9.17) is 0 Å². The van der Waals surface area contributed by atoms with Gasteiger partial charge in [0.05, 0.1) is 10.8 Å². The van der Waals surface area contributed by atoms with E-state index in [9.17, 15) is 4.21 Å². The quantitative estimate of drug-likeness (QED) is 0.875. The summed E-state index contributed by atoms with van der Waals surface area (Å²) in [5.41, 5.74) is 0. The molecule has 4 heteroatoms. The number of nitrogens with one attached hydrogen (secondary N) is 1. The lowest BCUT2D eigenvalue weighted by Gasteiger charge is -2.15. The third-order valence-electron chi connectivity index (χ3n) is 2.41. The van der Waals surface area contributed by atoms with Crippen LogP contribution in [0.4, 0.5) is 0 Å². The lowest BCUT2D eigenvalue weighted by molar-refractivity contribution is 0.553. The van der Waals surface area contributed by atoms with E-state index in [1.165, 1.54) is 0 Å². The molecule has 1 rings (SSSR count). The van der Waals surface area contributed by atoms with Crippen LogP contribution in [0.2, 0.25) is 0 Å². The maximum atomic E-state index is 12.1. The second-order valence-electron chi connectivity index (χ2n) is 3.63. The van der Waals surface area contributed by atoms with Crippen LogP contribution < -0.4 is 5.32 Å². The van der Waals surface area contributed by atoms with Crippen molar-refractivity contribution in [3.8, 4) is 0 Å². The van der Waals surface area contributed by atoms with Crippen molar-refractivity contribution in [2.75, 3.05) is 12.3 Å². The van der Waals surface area contributed by atoms with Crippen molar-refractivity contribution in [1.82, 2.24) is 5.32 Å². The van der Waals surface area contributed by atoms with Gasteiger partial charge in [0.2, 0.25) is 0 Å². The van der Waals surface area contributed by atoms with Gasteiger partial charge in [-0.15, -0.1) is 0 Å². The Kier molecular flexibility index (Phi) is 6.24. The van der Waals surface area contributed by atoms with Crippen LogP contribution in [-0.2, 0) is 10.8 Å². The van der Waals surface area contributed by atoms with E-state index in [0.717, 1.165) is 22.3 Å². The van der Waals surface area contributed by atoms with Crippen LogP contribution in [-0.4, -0.2) is 22.5 Å². The molecule has 0 fully saturated rings. The minimum atomic E-state index is -0.906. The highest BCUT2D eigenvalue weighted by molar-refractivity contribution is 9.10. The van der Waals surface area contributed by atoms with Gasteiger partial charge in [-0.05, 0) is 37.2 Å². The van der Waals surface area contributed by atoms with Gasteiger partial charge in [-0.25, -0.2) is 0 Å². The number of halogens is 1. The number of benzene rings is 1. The molecule has 2 atom stereocenters. The van der Waals surface area contributed by atoms with E-state index in [1.54, 1.807) is 0 Å². The Hall–Kier alpha value is -0.190. The molecular weight excluding hydrogens is 286 g/mol. The SMILES string of the molecule is CCNC(CC)CS(=O)c1ccc(Br)cc1. The Labute approximate surface area is 108 Å². The Morgan fingerprint density at radius 3 is 2.44 bits per heavy atom. The summed E-state index contributed by atoms with van der Waals surface area (Å²) in [5, 5.41) is 3.34. The zero-order valence-electron chi connectivity index (χ0n) is 9.70. The van der Waals surface area contributed by atoms with Gasteiger partial charge in [-0.1, -0.05) is 29.8 Å². The highest BCUT2D eigenvalue weighted by atomic mass is 79.9. The second kappa shape index (κ2) is 7.20. The zero-order chi connectivity index (χ0) is 12.0. The lowest BCUT2D eigenvalue weighted by Crippen LogP contribution is -2.33. The van der Waals surface area contributed by atoms with Crippen LogP contribution in [0.5, 0.6) is 0 Å². The molecule has 0 aliphatic rings. The first kappa shape index (κ1) is 13.9. The molecule has 1 aromatic rings. The van der Waals surface area contributed by atoms with E-state index in [-0.39, 0.29) is 0 Å². The molecular formula is C12H18BrNOS. The minimum absolute atomic E-state index is 0.342. The smallest absolute Gasteiger partial charge is 0.0545 e. The molecule has 2 nitrogen and oxygen atoms in total. The summed E-state index contributed by atoms with van der Waals surface area (Å²) in [5.74, 6) is 0.686. The standard InChI is InChI=1S/C12H18BrNOS/c1-3-11(14-4-2)9-16(15)12-7-5-10(13)6-8-12/h5-8,11,14H,3-4,9H2,1-2H3. The van der Waals surface area contributed by atoms with E-state index in [2.05, 4.69) is 35.1 Å². The summed E-state index contributed by atoms with van der Waals surface area (Å²) < 4.78 is 13.1. The van der Waals surface area contributed by atoms with Crippen LogP contribution in [0.25, 0.3) is 0 Å². The van der Waals surface area contributed by atoms with Crippen molar-refractivity contribution in [3.05, 3.63) is 28.7 Å². The summed E-state index contributed by atoms with van der Waals surface area (Å²) in [4.78, 5) is 0.902. The molecule has 2 unspecified atom stereocenters. The van der Waals surface area contributed by atoms with Gasteiger partial charge in [0.1, 0.15) is 0 Å². The molecule has 0 aliphatic carbocycles. The van der Waals surface area contributed by atoms with Crippen LogP contribution in [0.15, 0.2) is 33.6 Å². The Morgan fingerprint density at radius 2 is 1.94 bits per heavy atom. The molecule has 90 valence electrons. The van der Waals surface area contributed by atoms with Crippen molar-refractivity contribution < 1.29 is 4.21 Å². The predicted molar refractivity (Wildman–Crippen MR) is 73.2 cm³/mol. The molecule has 0 amide bonds. The molecule has 0 heterocycles. The van der Waals surface area contributed by atoms with Crippen molar-refractivity contribution in [2.45, 2.75) is 31.2 Å². The molecule has 0 spiro atoms. The zero-order valence-corrected chi connectivity index (χ0v) is 12.1. The molecule has 0 aliphatic heterocycles. The molecule has 16 heavy (non-hydrogen) atoms. The average molecular weight is 304 g/mol. The predicted octanol–water partition coefficient (Wildman–Crippen LogP) is 2.94. The van der Waals surface area contributed by atoms with Gasteiger partial charge >= 0.3 is 0 Å². The number of hydrogen-bond acceptors (Lipinski definition) is 2. The fraction of sp³-hybridized carbons (Fsp3) is 0.500. The average Bonchev–Trinajstić information content (AvgIpc) is 2.29. The Bertz CT molecular complexity index is 339. The molecule has 0 saturated heterocycles. The lowest BCUT2D eigenvalue weighted by atomic mass is 10.2. The first-order valence-corrected chi connectivity index (χ1v) is 7.65. The molecule has 0 saturated carbocycles. The fourth-order valence-electron chi connectivity index (χ4n) is 1.48. The van der Waals surface area contributed by atoms with Crippen molar-refractivity contribution >= 4 is 26.7 Å². The van der Waals surface area contributed by atoms with E-state index in [0.29, 0.717) is 11.8 Å². The van der Waals surface area contributed by atoms with Gasteiger partial charge in [-0.3, -0.25) is 4.21 Å².